The summed E-state index contributed by atoms with van der Waals surface area (Å²) in [6.07, 6.45) is 0. The fourth-order valence-electron chi connectivity index (χ4n) is 12.0. The summed E-state index contributed by atoms with van der Waals surface area (Å²) in [5.41, 5.74) is 15.3. The predicted molar refractivity (Wildman–Crippen MR) is 324 cm³/mol. The second-order valence-electron chi connectivity index (χ2n) is 20.3. The lowest BCUT2D eigenvalue weighted by molar-refractivity contribution is 0.871. The molecule has 4 nitrogen and oxygen atoms in total. The molecule has 4 heteroatoms. The average Bonchev–Trinajstić information content (AvgIpc) is 3.95. The van der Waals surface area contributed by atoms with Crippen molar-refractivity contribution in [1.82, 2.24) is 9.13 Å². The molecule has 0 radical (unpaired) electrons. The number of para-hydroxylation sites is 2. The van der Waals surface area contributed by atoms with E-state index in [4.69, 9.17) is 0 Å². The van der Waals surface area contributed by atoms with Crippen LogP contribution in [-0.4, -0.2) is 9.13 Å². The molecule has 0 atom stereocenters. The molecule has 2 heterocycles. The molecule has 76 heavy (non-hydrogen) atoms. The van der Waals surface area contributed by atoms with E-state index in [0.717, 1.165) is 40.7 Å². The van der Waals surface area contributed by atoms with Gasteiger partial charge in [-0.2, -0.15) is 0 Å². The van der Waals surface area contributed by atoms with E-state index in [9.17, 15) is 0 Å². The van der Waals surface area contributed by atoms with Crippen LogP contribution in [0.3, 0.4) is 0 Å². The van der Waals surface area contributed by atoms with Gasteiger partial charge in [0.2, 0.25) is 0 Å². The van der Waals surface area contributed by atoms with Crippen LogP contribution in [0.2, 0.25) is 0 Å². The Labute approximate surface area is 440 Å². The molecule has 13 aromatic carbocycles. The van der Waals surface area contributed by atoms with Crippen molar-refractivity contribution in [3.63, 3.8) is 0 Å². The Morgan fingerprint density at radius 3 is 1.33 bits per heavy atom. The van der Waals surface area contributed by atoms with Crippen molar-refractivity contribution < 1.29 is 0 Å². The molecule has 0 aliphatic heterocycles. The first-order chi connectivity index (χ1) is 37.5. The molecule has 15 rings (SSSR count). The number of fused-ring (bicyclic) bond motifs is 10. The zero-order valence-corrected chi connectivity index (χ0v) is 42.0. The summed E-state index contributed by atoms with van der Waals surface area (Å²) >= 11 is 0. The van der Waals surface area contributed by atoms with Gasteiger partial charge in [-0.05, 0) is 181 Å². The maximum atomic E-state index is 2.52. The van der Waals surface area contributed by atoms with E-state index in [1.165, 1.54) is 103 Å². The van der Waals surface area contributed by atoms with Gasteiger partial charge in [-0.1, -0.05) is 152 Å². The molecule has 358 valence electrons. The van der Waals surface area contributed by atoms with Gasteiger partial charge in [0.15, 0.2) is 0 Å². The zero-order chi connectivity index (χ0) is 50.3. The quantitative estimate of drug-likeness (QED) is 0.143. The number of aryl methyl sites for hydroxylation is 1. The maximum Gasteiger partial charge on any atom is 0.0500 e. The van der Waals surface area contributed by atoms with Crippen LogP contribution in [0.5, 0.6) is 0 Å². The van der Waals surface area contributed by atoms with Crippen molar-refractivity contribution in [2.45, 2.75) is 6.54 Å². The van der Waals surface area contributed by atoms with Crippen LogP contribution in [0.25, 0.3) is 97.8 Å². The van der Waals surface area contributed by atoms with Gasteiger partial charge in [0.05, 0.1) is 5.52 Å². The van der Waals surface area contributed by atoms with E-state index in [0.29, 0.717) is 0 Å². The van der Waals surface area contributed by atoms with Gasteiger partial charge in [0, 0.05) is 85.8 Å². The lowest BCUT2D eigenvalue weighted by Gasteiger charge is -2.26. The molecule has 0 unspecified atom stereocenters. The molecule has 0 amide bonds. The van der Waals surface area contributed by atoms with E-state index < -0.39 is 0 Å². The lowest BCUT2D eigenvalue weighted by Crippen LogP contribution is -2.09. The van der Waals surface area contributed by atoms with Crippen LogP contribution < -0.4 is 9.80 Å². The fourth-order valence-corrected chi connectivity index (χ4v) is 12.0. The summed E-state index contributed by atoms with van der Waals surface area (Å²) in [6, 6.07) is 100. The smallest absolute Gasteiger partial charge is 0.0500 e. The minimum Gasteiger partial charge on any atom is -0.344 e. The highest BCUT2D eigenvalue weighted by atomic mass is 15.1. The monoisotopic (exact) mass is 970 g/mol. The molecule has 0 saturated heterocycles. The van der Waals surface area contributed by atoms with Crippen LogP contribution in [0, 0.1) is 0 Å². The average molecular weight is 971 g/mol. The van der Waals surface area contributed by atoms with Crippen molar-refractivity contribution in [3.05, 3.63) is 279 Å². The normalized spacial score (nSPS) is 11.8. The molecule has 0 saturated carbocycles. The Morgan fingerprint density at radius 1 is 0.263 bits per heavy atom. The molecular formula is C72H50N4. The van der Waals surface area contributed by atoms with Crippen LogP contribution in [-0.2, 0) is 13.6 Å². The van der Waals surface area contributed by atoms with Crippen LogP contribution in [0.4, 0.5) is 34.1 Å². The molecule has 0 bridgehead atoms. The highest BCUT2D eigenvalue weighted by Gasteiger charge is 2.19. The minimum atomic E-state index is 0.741. The highest BCUT2D eigenvalue weighted by Crippen LogP contribution is 2.42. The Morgan fingerprint density at radius 2 is 0.671 bits per heavy atom. The molecular weight excluding hydrogens is 921 g/mol. The number of nitrogens with zero attached hydrogens (tertiary/aromatic N) is 4. The number of aromatic nitrogens is 2. The summed E-state index contributed by atoms with van der Waals surface area (Å²) in [5, 5.41) is 14.9. The first-order valence-electron chi connectivity index (χ1n) is 26.2. The standard InChI is InChI=1S/C72H50N4/c1-73-69-37-35-64(46-68(69)66-41-52-16-10-12-18-54(52)44-71(66)73)76(60-22-6-3-7-23-60)63-34-29-56-38-48(24-25-57(56)40-63)47-74-70-36-30-58(43-65(70)67-42-53-17-11-13-19-55(53)45-72(67)74)50-26-31-61(32-27-50)75(59-20-4-2-5-21-59)62-33-28-49-14-8-9-15-51(49)39-62/h2-46H,47H2,1H3. The SMILES string of the molecule is Cn1c2ccc(N(c3ccccc3)c3ccc4cc(Cn5c6ccc(-c7ccc(N(c8ccccc8)c8ccc9ccccc9c8)cc7)cc6c6cc7ccccc7cc65)ccc4c3)cc2c2cc3ccccc3cc21. The van der Waals surface area contributed by atoms with Crippen molar-refractivity contribution >= 4 is 121 Å². The highest BCUT2D eigenvalue weighted by molar-refractivity contribution is 6.15. The third-order valence-corrected chi connectivity index (χ3v) is 15.8. The number of rotatable bonds is 9. The second kappa shape index (κ2) is 17.7. The Balaban J connectivity index is 0.784. The number of benzene rings is 13. The Bertz CT molecular complexity index is 4740. The lowest BCUT2D eigenvalue weighted by atomic mass is 10.0. The van der Waals surface area contributed by atoms with Crippen molar-refractivity contribution in [2.75, 3.05) is 9.80 Å². The largest absolute Gasteiger partial charge is 0.344 e. The predicted octanol–water partition coefficient (Wildman–Crippen LogP) is 19.7. The van der Waals surface area contributed by atoms with E-state index >= 15 is 0 Å². The summed E-state index contributed by atoms with van der Waals surface area (Å²) in [4.78, 5) is 4.74. The summed E-state index contributed by atoms with van der Waals surface area (Å²) in [6.45, 7) is 0.741. The molecule has 0 spiro atoms. The third-order valence-electron chi connectivity index (χ3n) is 15.8. The second-order valence-corrected chi connectivity index (χ2v) is 20.3. The van der Waals surface area contributed by atoms with Gasteiger partial charge in [-0.25, -0.2) is 0 Å². The number of hydrogen-bond acceptors (Lipinski definition) is 2. The van der Waals surface area contributed by atoms with Crippen molar-refractivity contribution in [1.29, 1.82) is 0 Å². The molecule has 2 aromatic heterocycles. The van der Waals surface area contributed by atoms with E-state index in [1.807, 2.05) is 0 Å². The van der Waals surface area contributed by atoms with Gasteiger partial charge in [-0.15, -0.1) is 0 Å². The van der Waals surface area contributed by atoms with Crippen LogP contribution >= 0.6 is 0 Å². The molecule has 15 aromatic rings. The fraction of sp³-hybridized carbons (Fsp3) is 0.0278. The topological polar surface area (TPSA) is 16.3 Å². The Hall–Kier alpha value is -9.90. The van der Waals surface area contributed by atoms with Gasteiger partial charge < -0.3 is 18.9 Å². The third kappa shape index (κ3) is 7.37. The van der Waals surface area contributed by atoms with Crippen LogP contribution in [0.15, 0.2) is 273 Å². The summed E-state index contributed by atoms with van der Waals surface area (Å²) < 4.78 is 4.85. The van der Waals surface area contributed by atoms with Gasteiger partial charge in [0.1, 0.15) is 0 Å². The van der Waals surface area contributed by atoms with Gasteiger partial charge in [0.25, 0.3) is 0 Å². The summed E-state index contributed by atoms with van der Waals surface area (Å²) in [5.74, 6) is 0. The minimum absolute atomic E-state index is 0.741. The maximum absolute atomic E-state index is 2.52. The zero-order valence-electron chi connectivity index (χ0n) is 42.0. The molecule has 0 aliphatic carbocycles. The number of anilines is 6. The van der Waals surface area contributed by atoms with E-state index in [1.54, 1.807) is 0 Å². The molecule has 0 aliphatic rings. The van der Waals surface area contributed by atoms with Gasteiger partial charge in [-0.3, -0.25) is 0 Å². The Kier molecular flexibility index (Phi) is 10.1. The van der Waals surface area contributed by atoms with Crippen molar-refractivity contribution in [2.24, 2.45) is 7.05 Å². The van der Waals surface area contributed by atoms with Gasteiger partial charge >= 0.3 is 0 Å². The number of hydrogen-bond donors (Lipinski definition) is 0. The van der Waals surface area contributed by atoms with Crippen molar-refractivity contribution in [3.8, 4) is 11.1 Å². The first-order valence-corrected chi connectivity index (χ1v) is 26.2. The summed E-state index contributed by atoms with van der Waals surface area (Å²) in [7, 11) is 2.18. The molecule has 0 N–H and O–H groups in total. The molecule has 0 fully saturated rings. The van der Waals surface area contributed by atoms with Crippen LogP contribution in [0.1, 0.15) is 5.56 Å². The first kappa shape index (κ1) is 43.7. The van der Waals surface area contributed by atoms with E-state index in [-0.39, 0.29) is 0 Å². The van der Waals surface area contributed by atoms with E-state index in [2.05, 4.69) is 299 Å².